The van der Waals surface area contributed by atoms with Crippen LogP contribution in [0, 0.1) is 0 Å². The van der Waals surface area contributed by atoms with Gasteiger partial charge in [0.15, 0.2) is 5.69 Å². The number of nitrogens with zero attached hydrogens (tertiary/aromatic N) is 2. The molecule has 5 heteroatoms. The van der Waals surface area contributed by atoms with E-state index in [4.69, 9.17) is 14.5 Å². The van der Waals surface area contributed by atoms with E-state index in [1.54, 1.807) is 13.2 Å². The van der Waals surface area contributed by atoms with E-state index in [1.807, 2.05) is 91.0 Å². The first-order chi connectivity index (χ1) is 15.7. The van der Waals surface area contributed by atoms with Crippen molar-refractivity contribution in [3.8, 4) is 17.0 Å². The number of hydrogen-bond donors (Lipinski definition) is 0. The molecule has 1 heterocycles. The monoisotopic (exact) mass is 422 g/mol. The van der Waals surface area contributed by atoms with Crippen molar-refractivity contribution in [3.63, 3.8) is 0 Å². The number of para-hydroxylation sites is 1. The Labute approximate surface area is 187 Å². The fourth-order valence-electron chi connectivity index (χ4n) is 3.42. The van der Waals surface area contributed by atoms with Crippen LogP contribution >= 0.6 is 0 Å². The van der Waals surface area contributed by atoms with E-state index >= 15 is 0 Å². The highest BCUT2D eigenvalue weighted by atomic mass is 16.5. The van der Waals surface area contributed by atoms with Crippen molar-refractivity contribution in [2.75, 3.05) is 14.2 Å². The fraction of sp³-hybridized carbons (Fsp3) is 0.0741. The lowest BCUT2D eigenvalue weighted by molar-refractivity contribution is 0.0593. The molecule has 32 heavy (non-hydrogen) atoms. The van der Waals surface area contributed by atoms with Crippen LogP contribution in [0.1, 0.15) is 21.6 Å². The number of rotatable bonds is 6. The van der Waals surface area contributed by atoms with Crippen LogP contribution in [0.4, 0.5) is 5.69 Å². The maximum absolute atomic E-state index is 12.3. The fourth-order valence-corrected chi connectivity index (χ4v) is 3.42. The molecule has 0 radical (unpaired) electrons. The summed E-state index contributed by atoms with van der Waals surface area (Å²) in [5.41, 5.74) is 4.67. The Hall–Kier alpha value is -4.25. The van der Waals surface area contributed by atoms with Crippen molar-refractivity contribution in [2.24, 2.45) is 4.99 Å². The van der Waals surface area contributed by atoms with E-state index in [2.05, 4.69) is 4.98 Å². The molecular weight excluding hydrogens is 400 g/mol. The number of esters is 1. The number of hydrogen-bond acceptors (Lipinski definition) is 5. The highest BCUT2D eigenvalue weighted by Gasteiger charge is 2.23. The Kier molecular flexibility index (Phi) is 6.37. The van der Waals surface area contributed by atoms with Gasteiger partial charge in [-0.25, -0.2) is 14.8 Å². The van der Waals surface area contributed by atoms with Crippen LogP contribution < -0.4 is 4.74 Å². The molecule has 0 bridgehead atoms. The standard InChI is InChI=1S/C27H22N2O3/c1-31-23-18-22(27(30)32-2)29-26(20-14-8-4-9-15-20)24(23)25(19-12-6-3-7-13-19)28-21-16-10-5-11-17-21/h3-18H,1-2H3. The lowest BCUT2D eigenvalue weighted by Gasteiger charge is -2.17. The van der Waals surface area contributed by atoms with Gasteiger partial charge in [-0.1, -0.05) is 78.9 Å². The van der Waals surface area contributed by atoms with Crippen LogP contribution in [0.3, 0.4) is 0 Å². The summed E-state index contributed by atoms with van der Waals surface area (Å²) in [6, 6.07) is 30.8. The van der Waals surface area contributed by atoms with Gasteiger partial charge < -0.3 is 9.47 Å². The van der Waals surface area contributed by atoms with E-state index in [-0.39, 0.29) is 5.69 Å². The molecule has 0 unspecified atom stereocenters. The van der Waals surface area contributed by atoms with E-state index < -0.39 is 5.97 Å². The van der Waals surface area contributed by atoms with Crippen LogP contribution in [0.15, 0.2) is 102 Å². The minimum atomic E-state index is -0.534. The zero-order chi connectivity index (χ0) is 22.3. The van der Waals surface area contributed by atoms with Gasteiger partial charge in [0.25, 0.3) is 0 Å². The summed E-state index contributed by atoms with van der Waals surface area (Å²) in [7, 11) is 2.90. The van der Waals surface area contributed by atoms with Crippen LogP contribution in [0.25, 0.3) is 11.3 Å². The van der Waals surface area contributed by atoms with Crippen LogP contribution in [0.5, 0.6) is 5.75 Å². The lowest BCUT2D eigenvalue weighted by Crippen LogP contribution is -2.13. The topological polar surface area (TPSA) is 60.8 Å². The molecule has 0 spiro atoms. The summed E-state index contributed by atoms with van der Waals surface area (Å²) in [5, 5.41) is 0. The maximum Gasteiger partial charge on any atom is 0.356 e. The summed E-state index contributed by atoms with van der Waals surface area (Å²) in [6.07, 6.45) is 0. The largest absolute Gasteiger partial charge is 0.496 e. The third kappa shape index (κ3) is 4.42. The van der Waals surface area contributed by atoms with Gasteiger partial charge >= 0.3 is 5.97 Å². The van der Waals surface area contributed by atoms with Crippen molar-refractivity contribution < 1.29 is 14.3 Å². The number of carbonyl (C=O) groups excluding carboxylic acids is 1. The van der Waals surface area contributed by atoms with Gasteiger partial charge in [-0.15, -0.1) is 0 Å². The molecule has 5 nitrogen and oxygen atoms in total. The Bertz CT molecular complexity index is 1240. The molecular formula is C27H22N2O3. The van der Waals surface area contributed by atoms with E-state index in [0.29, 0.717) is 22.7 Å². The van der Waals surface area contributed by atoms with Crippen LogP contribution in [0.2, 0.25) is 0 Å². The summed E-state index contributed by atoms with van der Waals surface area (Å²) in [6.45, 7) is 0. The van der Waals surface area contributed by atoms with Crippen molar-refractivity contribution >= 4 is 17.4 Å². The molecule has 3 aromatic carbocycles. The van der Waals surface area contributed by atoms with Gasteiger partial charge in [0.2, 0.25) is 0 Å². The minimum absolute atomic E-state index is 0.166. The Balaban J connectivity index is 2.06. The summed E-state index contributed by atoms with van der Waals surface area (Å²) in [4.78, 5) is 22.0. The molecule has 0 fully saturated rings. The summed E-state index contributed by atoms with van der Waals surface area (Å²) < 4.78 is 10.7. The van der Waals surface area contributed by atoms with Gasteiger partial charge in [-0.3, -0.25) is 0 Å². The predicted molar refractivity (Wildman–Crippen MR) is 126 cm³/mol. The number of carbonyl (C=O) groups is 1. The van der Waals surface area contributed by atoms with Crippen molar-refractivity contribution in [1.82, 2.24) is 4.98 Å². The van der Waals surface area contributed by atoms with Gasteiger partial charge in [0.05, 0.1) is 36.9 Å². The maximum atomic E-state index is 12.3. The number of benzene rings is 3. The zero-order valence-electron chi connectivity index (χ0n) is 17.9. The average molecular weight is 422 g/mol. The van der Waals surface area contributed by atoms with Crippen molar-refractivity contribution in [2.45, 2.75) is 0 Å². The molecule has 0 saturated carbocycles. The van der Waals surface area contributed by atoms with Gasteiger partial charge in [-0.05, 0) is 12.1 Å². The highest BCUT2D eigenvalue weighted by Crippen LogP contribution is 2.34. The number of methoxy groups -OCH3 is 2. The van der Waals surface area contributed by atoms with Crippen LogP contribution in [-0.4, -0.2) is 30.9 Å². The van der Waals surface area contributed by atoms with Crippen molar-refractivity contribution in [3.05, 3.63) is 114 Å². The molecule has 4 rings (SSSR count). The second-order valence-corrected chi connectivity index (χ2v) is 6.95. The SMILES string of the molecule is COC(=O)c1cc(OC)c(C(=Nc2ccccc2)c2ccccc2)c(-c2ccccc2)n1. The first-order valence-electron chi connectivity index (χ1n) is 10.1. The Morgan fingerprint density at radius 2 is 1.41 bits per heavy atom. The zero-order valence-corrected chi connectivity index (χ0v) is 17.9. The van der Waals surface area contributed by atoms with E-state index in [0.717, 1.165) is 16.8 Å². The molecule has 0 saturated heterocycles. The minimum Gasteiger partial charge on any atom is -0.496 e. The molecule has 0 aliphatic rings. The molecule has 4 aromatic rings. The highest BCUT2D eigenvalue weighted by molar-refractivity contribution is 6.18. The van der Waals surface area contributed by atoms with Gasteiger partial charge in [-0.2, -0.15) is 0 Å². The smallest absolute Gasteiger partial charge is 0.356 e. The first-order valence-corrected chi connectivity index (χ1v) is 10.1. The number of aromatic nitrogens is 1. The summed E-state index contributed by atoms with van der Waals surface area (Å²) in [5.74, 6) is -0.0499. The third-order valence-electron chi connectivity index (χ3n) is 4.93. The Morgan fingerprint density at radius 3 is 2.00 bits per heavy atom. The average Bonchev–Trinajstić information content (AvgIpc) is 2.87. The number of ether oxygens (including phenoxy) is 2. The van der Waals surface area contributed by atoms with E-state index in [9.17, 15) is 4.79 Å². The van der Waals surface area contributed by atoms with Gasteiger partial charge in [0.1, 0.15) is 5.75 Å². The van der Waals surface area contributed by atoms with Gasteiger partial charge in [0, 0.05) is 17.2 Å². The van der Waals surface area contributed by atoms with E-state index in [1.165, 1.54) is 7.11 Å². The molecule has 0 amide bonds. The summed E-state index contributed by atoms with van der Waals surface area (Å²) >= 11 is 0. The predicted octanol–water partition coefficient (Wildman–Crippen LogP) is 5.71. The van der Waals surface area contributed by atoms with Crippen molar-refractivity contribution in [1.29, 1.82) is 0 Å². The lowest BCUT2D eigenvalue weighted by atomic mass is 9.95. The molecule has 158 valence electrons. The molecule has 0 atom stereocenters. The normalized spacial score (nSPS) is 11.1. The number of pyridine rings is 1. The molecule has 0 aliphatic heterocycles. The molecule has 0 aliphatic carbocycles. The second kappa shape index (κ2) is 9.71. The van der Waals surface area contributed by atoms with Crippen LogP contribution in [-0.2, 0) is 4.74 Å². The molecule has 0 N–H and O–H groups in total. The first kappa shape index (κ1) is 21.0. The third-order valence-corrected chi connectivity index (χ3v) is 4.93. The second-order valence-electron chi connectivity index (χ2n) is 6.95. The quantitative estimate of drug-likeness (QED) is 0.295. The molecule has 1 aromatic heterocycles. The number of aliphatic imine (C=N–C) groups is 1. The Morgan fingerprint density at radius 1 is 0.812 bits per heavy atom.